The highest BCUT2D eigenvalue weighted by molar-refractivity contribution is 6.36. The molecule has 0 aromatic rings. The van der Waals surface area contributed by atoms with Gasteiger partial charge in [0.2, 0.25) is 6.41 Å². The third-order valence-corrected chi connectivity index (χ3v) is 2.00. The van der Waals surface area contributed by atoms with Crippen molar-refractivity contribution in [1.29, 1.82) is 0 Å². The molecule has 6 heteroatoms. The summed E-state index contributed by atoms with van der Waals surface area (Å²) in [4.78, 5) is 34.1. The van der Waals surface area contributed by atoms with Crippen LogP contribution in [0.4, 0.5) is 0 Å². The molecule has 0 saturated heterocycles. The van der Waals surface area contributed by atoms with Crippen molar-refractivity contribution in [3.8, 4) is 0 Å². The van der Waals surface area contributed by atoms with Crippen LogP contribution in [0.25, 0.3) is 0 Å². The third kappa shape index (κ3) is 5.45. The number of nitrogens with one attached hydrogen (secondary N) is 1. The average molecular weight is 229 g/mol. The fourth-order valence-electron chi connectivity index (χ4n) is 1.05. The number of nitrogens with two attached hydrogens (primary N) is 1. The summed E-state index contributed by atoms with van der Waals surface area (Å²) in [6.45, 7) is 2.98. The molecular weight excluding hydrogens is 210 g/mol. The first-order chi connectivity index (χ1) is 7.67. The van der Waals surface area contributed by atoms with Crippen LogP contribution in [-0.2, 0) is 14.4 Å². The smallest absolute Gasteiger partial charge is 0.318 e. The van der Waals surface area contributed by atoms with Gasteiger partial charge in [-0.25, -0.2) is 0 Å². The van der Waals surface area contributed by atoms with Crippen molar-refractivity contribution in [1.82, 2.24) is 10.2 Å². The van der Waals surface area contributed by atoms with Gasteiger partial charge in [-0.15, -0.1) is 0 Å². The van der Waals surface area contributed by atoms with E-state index in [1.807, 2.05) is 6.92 Å². The van der Waals surface area contributed by atoms with Gasteiger partial charge in [-0.05, 0) is 19.4 Å². The van der Waals surface area contributed by atoms with Crippen LogP contribution in [0.3, 0.4) is 0 Å². The maximum Gasteiger partial charge on any atom is 0.318 e. The molecule has 3 N–H and O–H groups in total. The summed E-state index contributed by atoms with van der Waals surface area (Å²) in [6.07, 6.45) is 2.59. The van der Waals surface area contributed by atoms with E-state index in [-0.39, 0.29) is 6.54 Å². The number of carbonyl (C=O) groups excluding carboxylic acids is 3. The van der Waals surface area contributed by atoms with Crippen molar-refractivity contribution in [3.63, 3.8) is 0 Å². The highest BCUT2D eigenvalue weighted by Crippen LogP contribution is 1.90. The Balaban J connectivity index is 4.06. The standard InChI is InChI=1S/C10H19N3O3/c1-2-3-6-12-9(15)10(16)13(8-14)7-4-5-11/h8H,2-7,11H2,1H3,(H,12,15). The fraction of sp³-hybridized carbons (Fsp3) is 0.700. The average Bonchev–Trinajstić information content (AvgIpc) is 2.30. The van der Waals surface area contributed by atoms with Gasteiger partial charge < -0.3 is 11.1 Å². The Morgan fingerprint density at radius 1 is 1.38 bits per heavy atom. The molecule has 0 aliphatic heterocycles. The quantitative estimate of drug-likeness (QED) is 0.341. The zero-order valence-corrected chi connectivity index (χ0v) is 9.57. The topological polar surface area (TPSA) is 92.5 Å². The number of amides is 3. The molecule has 3 amide bonds. The lowest BCUT2D eigenvalue weighted by Gasteiger charge is -2.14. The van der Waals surface area contributed by atoms with E-state index < -0.39 is 11.8 Å². The third-order valence-electron chi connectivity index (χ3n) is 2.00. The van der Waals surface area contributed by atoms with Gasteiger partial charge in [-0.3, -0.25) is 19.3 Å². The second-order valence-corrected chi connectivity index (χ2v) is 3.36. The van der Waals surface area contributed by atoms with Crippen molar-refractivity contribution < 1.29 is 14.4 Å². The molecule has 16 heavy (non-hydrogen) atoms. The van der Waals surface area contributed by atoms with Gasteiger partial charge in [-0.1, -0.05) is 13.3 Å². The lowest BCUT2D eigenvalue weighted by molar-refractivity contribution is -0.148. The van der Waals surface area contributed by atoms with Crippen molar-refractivity contribution in [2.24, 2.45) is 5.73 Å². The number of imide groups is 1. The molecule has 0 heterocycles. The predicted octanol–water partition coefficient (Wildman–Crippen LogP) is -0.763. The zero-order chi connectivity index (χ0) is 12.4. The Hall–Kier alpha value is -1.43. The number of hydrogen-bond donors (Lipinski definition) is 2. The van der Waals surface area contributed by atoms with Crippen LogP contribution < -0.4 is 11.1 Å². The first-order valence-electron chi connectivity index (χ1n) is 5.41. The van der Waals surface area contributed by atoms with E-state index in [1.165, 1.54) is 0 Å². The molecule has 0 bridgehead atoms. The van der Waals surface area contributed by atoms with Crippen molar-refractivity contribution in [3.05, 3.63) is 0 Å². The van der Waals surface area contributed by atoms with Gasteiger partial charge in [0.25, 0.3) is 0 Å². The molecule has 0 unspecified atom stereocenters. The zero-order valence-electron chi connectivity index (χ0n) is 9.57. The number of unbranched alkanes of at least 4 members (excludes halogenated alkanes) is 1. The van der Waals surface area contributed by atoms with Gasteiger partial charge in [0.1, 0.15) is 0 Å². The molecule has 0 aromatic carbocycles. The second kappa shape index (κ2) is 8.84. The summed E-state index contributed by atoms with van der Waals surface area (Å²) in [5.41, 5.74) is 5.25. The summed E-state index contributed by atoms with van der Waals surface area (Å²) in [5, 5.41) is 2.45. The lowest BCUT2D eigenvalue weighted by atomic mass is 10.3. The van der Waals surface area contributed by atoms with E-state index in [1.54, 1.807) is 0 Å². The van der Waals surface area contributed by atoms with Crippen LogP contribution in [0.1, 0.15) is 26.2 Å². The van der Waals surface area contributed by atoms with Crippen LogP contribution in [-0.4, -0.2) is 42.8 Å². The molecular formula is C10H19N3O3. The molecule has 0 radical (unpaired) electrons. The predicted molar refractivity (Wildman–Crippen MR) is 59.4 cm³/mol. The highest BCUT2D eigenvalue weighted by Gasteiger charge is 2.20. The maximum atomic E-state index is 11.4. The van der Waals surface area contributed by atoms with Crippen LogP contribution in [0.5, 0.6) is 0 Å². The van der Waals surface area contributed by atoms with Crippen LogP contribution in [0.2, 0.25) is 0 Å². The molecule has 0 aromatic heterocycles. The maximum absolute atomic E-state index is 11.4. The molecule has 92 valence electrons. The molecule has 0 spiro atoms. The van der Waals surface area contributed by atoms with E-state index in [2.05, 4.69) is 5.32 Å². The Morgan fingerprint density at radius 2 is 2.06 bits per heavy atom. The van der Waals surface area contributed by atoms with Crippen molar-refractivity contribution in [2.75, 3.05) is 19.6 Å². The summed E-state index contributed by atoms with van der Waals surface area (Å²) >= 11 is 0. The minimum absolute atomic E-state index is 0.181. The monoisotopic (exact) mass is 229 g/mol. The van der Waals surface area contributed by atoms with Gasteiger partial charge >= 0.3 is 11.8 Å². The van der Waals surface area contributed by atoms with Gasteiger partial charge in [0.05, 0.1) is 0 Å². The van der Waals surface area contributed by atoms with Crippen LogP contribution >= 0.6 is 0 Å². The highest BCUT2D eigenvalue weighted by atomic mass is 16.2. The molecule has 0 saturated carbocycles. The molecule has 0 fully saturated rings. The summed E-state index contributed by atoms with van der Waals surface area (Å²) in [6, 6.07) is 0. The van der Waals surface area contributed by atoms with Crippen molar-refractivity contribution in [2.45, 2.75) is 26.2 Å². The molecule has 6 nitrogen and oxygen atoms in total. The van der Waals surface area contributed by atoms with E-state index in [9.17, 15) is 14.4 Å². The fourth-order valence-corrected chi connectivity index (χ4v) is 1.05. The Bertz CT molecular complexity index is 243. The Labute approximate surface area is 95.2 Å². The molecule has 0 aliphatic carbocycles. The molecule has 0 aliphatic rings. The number of hydrogen-bond acceptors (Lipinski definition) is 4. The number of nitrogens with zero attached hydrogens (tertiary/aromatic N) is 1. The normalized spacial score (nSPS) is 9.62. The Morgan fingerprint density at radius 3 is 2.56 bits per heavy atom. The lowest BCUT2D eigenvalue weighted by Crippen LogP contribution is -2.43. The molecule has 0 rings (SSSR count). The first-order valence-corrected chi connectivity index (χ1v) is 5.41. The minimum Gasteiger partial charge on any atom is -0.348 e. The number of carbonyl (C=O) groups is 3. The number of rotatable bonds is 7. The second-order valence-electron chi connectivity index (χ2n) is 3.36. The summed E-state index contributed by atoms with van der Waals surface area (Å²) in [7, 11) is 0. The first kappa shape index (κ1) is 14.6. The van der Waals surface area contributed by atoms with E-state index >= 15 is 0 Å². The SMILES string of the molecule is CCCCNC(=O)C(=O)N(C=O)CCCN. The molecule has 0 atom stereocenters. The van der Waals surface area contributed by atoms with Gasteiger partial charge in [0, 0.05) is 13.1 Å². The summed E-state index contributed by atoms with van der Waals surface area (Å²) < 4.78 is 0. The van der Waals surface area contributed by atoms with E-state index in [0.717, 1.165) is 17.7 Å². The largest absolute Gasteiger partial charge is 0.348 e. The Kier molecular flexibility index (Phi) is 8.05. The van der Waals surface area contributed by atoms with Crippen molar-refractivity contribution >= 4 is 18.2 Å². The van der Waals surface area contributed by atoms with Crippen LogP contribution in [0, 0.1) is 0 Å². The minimum atomic E-state index is -0.820. The van der Waals surface area contributed by atoms with E-state index in [4.69, 9.17) is 5.73 Å². The van der Waals surface area contributed by atoms with Gasteiger partial charge in [-0.2, -0.15) is 0 Å². The van der Waals surface area contributed by atoms with Crippen LogP contribution in [0.15, 0.2) is 0 Å². The van der Waals surface area contributed by atoms with Gasteiger partial charge in [0.15, 0.2) is 0 Å². The summed E-state index contributed by atoms with van der Waals surface area (Å²) in [5.74, 6) is -1.56. The van der Waals surface area contributed by atoms with E-state index in [0.29, 0.717) is 25.9 Å².